The van der Waals surface area contributed by atoms with Crippen LogP contribution in [0, 0.1) is 5.92 Å². The van der Waals surface area contributed by atoms with Crippen molar-refractivity contribution in [1.29, 1.82) is 0 Å². The van der Waals surface area contributed by atoms with Gasteiger partial charge in [-0.3, -0.25) is 25.2 Å². The number of aromatic amines is 1. The Balaban J connectivity index is 1.17. The molecule has 3 amide bonds. The summed E-state index contributed by atoms with van der Waals surface area (Å²) in [4.78, 5) is 42.1. The molecule has 3 aromatic rings. The van der Waals surface area contributed by atoms with Gasteiger partial charge in [0, 0.05) is 41.8 Å². The Kier molecular flexibility index (Phi) is 5.14. The summed E-state index contributed by atoms with van der Waals surface area (Å²) in [6.07, 6.45) is 1.97. The number of nitrogens with one attached hydrogen (secondary N) is 3. The number of benzene rings is 2. The third-order valence-corrected chi connectivity index (χ3v) is 5.68. The second-order valence-electron chi connectivity index (χ2n) is 7.81. The smallest absolute Gasteiger partial charge is 0.243 e. The summed E-state index contributed by atoms with van der Waals surface area (Å²) in [5.41, 5.74) is 7.35. The lowest BCUT2D eigenvalue weighted by molar-refractivity contribution is -0.131. The standard InChI is InChI=1S/C23H22N4O5/c28-21(9-14-12-24-18-4-2-1-3-17(14)18)25-26-23(30)15-10-22(29)27(13-15)16-5-6-19-20(11-16)32-8-7-31-19/h1-6,11-12,15,24H,7-10,13H2,(H,25,28)(H,26,30). The molecule has 0 radical (unpaired) electrons. The predicted octanol–water partition coefficient (Wildman–Crippen LogP) is 1.68. The van der Waals surface area contributed by atoms with Crippen molar-refractivity contribution < 1.29 is 23.9 Å². The van der Waals surface area contributed by atoms with Gasteiger partial charge in [0.25, 0.3) is 0 Å². The lowest BCUT2D eigenvalue weighted by Gasteiger charge is -2.22. The summed E-state index contributed by atoms with van der Waals surface area (Å²) >= 11 is 0. The van der Waals surface area contributed by atoms with Crippen LogP contribution in [0.4, 0.5) is 5.69 Å². The van der Waals surface area contributed by atoms with Crippen molar-refractivity contribution in [1.82, 2.24) is 15.8 Å². The monoisotopic (exact) mass is 434 g/mol. The second-order valence-corrected chi connectivity index (χ2v) is 7.81. The number of hydrogen-bond donors (Lipinski definition) is 3. The quantitative estimate of drug-likeness (QED) is 0.541. The van der Waals surface area contributed by atoms with E-state index in [9.17, 15) is 14.4 Å². The normalized spacial score (nSPS) is 17.4. The number of hydrogen-bond acceptors (Lipinski definition) is 5. The number of hydrazine groups is 1. The Morgan fingerprint density at radius 2 is 1.88 bits per heavy atom. The van der Waals surface area contributed by atoms with E-state index < -0.39 is 11.8 Å². The fourth-order valence-electron chi connectivity index (χ4n) is 4.06. The Labute approximate surface area is 183 Å². The molecule has 1 fully saturated rings. The van der Waals surface area contributed by atoms with Crippen molar-refractivity contribution in [3.8, 4) is 11.5 Å². The fraction of sp³-hybridized carbons (Fsp3) is 0.261. The number of aromatic nitrogens is 1. The molecule has 164 valence electrons. The molecule has 9 heteroatoms. The zero-order valence-electron chi connectivity index (χ0n) is 17.2. The zero-order valence-corrected chi connectivity index (χ0v) is 17.2. The van der Waals surface area contributed by atoms with Crippen LogP contribution < -0.4 is 25.2 Å². The summed E-state index contributed by atoms with van der Waals surface area (Å²) in [6, 6.07) is 13.0. The molecule has 9 nitrogen and oxygen atoms in total. The Bertz CT molecular complexity index is 1200. The number of H-pyrrole nitrogens is 1. The molecule has 32 heavy (non-hydrogen) atoms. The Hall–Kier alpha value is -4.01. The average molecular weight is 434 g/mol. The lowest BCUT2D eigenvalue weighted by atomic mass is 10.1. The van der Waals surface area contributed by atoms with E-state index in [0.29, 0.717) is 30.4 Å². The highest BCUT2D eigenvalue weighted by Gasteiger charge is 2.35. The number of nitrogens with zero attached hydrogens (tertiary/aromatic N) is 1. The highest BCUT2D eigenvalue weighted by atomic mass is 16.6. The van der Waals surface area contributed by atoms with Crippen molar-refractivity contribution >= 4 is 34.3 Å². The van der Waals surface area contributed by atoms with Gasteiger partial charge in [-0.2, -0.15) is 0 Å². The molecule has 0 aliphatic carbocycles. The van der Waals surface area contributed by atoms with Crippen LogP contribution in [0.3, 0.4) is 0 Å². The number of fused-ring (bicyclic) bond motifs is 2. The molecule has 0 bridgehead atoms. The average Bonchev–Trinajstić information content (AvgIpc) is 3.41. The van der Waals surface area contributed by atoms with Crippen LogP contribution in [0.25, 0.3) is 10.9 Å². The minimum Gasteiger partial charge on any atom is -0.486 e. The van der Waals surface area contributed by atoms with E-state index in [0.717, 1.165) is 16.5 Å². The Morgan fingerprint density at radius 3 is 2.75 bits per heavy atom. The predicted molar refractivity (Wildman–Crippen MR) is 116 cm³/mol. The van der Waals surface area contributed by atoms with Gasteiger partial charge < -0.3 is 19.4 Å². The SMILES string of the molecule is O=C(Cc1c[nH]c2ccccc12)NNC(=O)C1CC(=O)N(c2ccc3c(c2)OCCO3)C1. The summed E-state index contributed by atoms with van der Waals surface area (Å²) in [5, 5.41) is 0.963. The number of amides is 3. The highest BCUT2D eigenvalue weighted by molar-refractivity contribution is 6.01. The molecule has 3 heterocycles. The van der Waals surface area contributed by atoms with E-state index >= 15 is 0 Å². The van der Waals surface area contributed by atoms with Gasteiger partial charge in [0.15, 0.2) is 11.5 Å². The van der Waals surface area contributed by atoms with E-state index in [4.69, 9.17) is 9.47 Å². The van der Waals surface area contributed by atoms with Crippen LogP contribution >= 0.6 is 0 Å². The topological polar surface area (TPSA) is 113 Å². The van der Waals surface area contributed by atoms with Crippen LogP contribution in [0.15, 0.2) is 48.7 Å². The number of ether oxygens (including phenoxy) is 2. The summed E-state index contributed by atoms with van der Waals surface area (Å²) in [6.45, 7) is 1.17. The van der Waals surface area contributed by atoms with Gasteiger partial charge in [0.2, 0.25) is 17.7 Å². The minimum atomic E-state index is -0.566. The van der Waals surface area contributed by atoms with Crippen LogP contribution in [0.2, 0.25) is 0 Å². The molecule has 3 N–H and O–H groups in total. The molecule has 2 aliphatic heterocycles. The Morgan fingerprint density at radius 1 is 1.06 bits per heavy atom. The molecule has 5 rings (SSSR count). The second kappa shape index (κ2) is 8.26. The number of carbonyl (C=O) groups is 3. The van der Waals surface area contributed by atoms with E-state index in [2.05, 4.69) is 15.8 Å². The highest BCUT2D eigenvalue weighted by Crippen LogP contribution is 2.36. The number of para-hydroxylation sites is 1. The summed E-state index contributed by atoms with van der Waals surface area (Å²) in [7, 11) is 0. The molecule has 2 aromatic carbocycles. The van der Waals surface area contributed by atoms with Gasteiger partial charge in [-0.05, 0) is 23.8 Å². The maximum absolute atomic E-state index is 12.6. The maximum atomic E-state index is 12.6. The third kappa shape index (κ3) is 3.84. The number of rotatable bonds is 4. The van der Waals surface area contributed by atoms with Crippen LogP contribution in [0.5, 0.6) is 11.5 Å². The van der Waals surface area contributed by atoms with E-state index in [1.807, 2.05) is 24.3 Å². The molecule has 1 atom stereocenters. The lowest BCUT2D eigenvalue weighted by Crippen LogP contribution is -2.45. The number of anilines is 1. The molecule has 2 aliphatic rings. The van der Waals surface area contributed by atoms with Crippen molar-refractivity contribution in [3.05, 3.63) is 54.2 Å². The van der Waals surface area contributed by atoms with Gasteiger partial charge in [0.05, 0.1) is 12.3 Å². The first kappa shape index (κ1) is 19.9. The summed E-state index contributed by atoms with van der Waals surface area (Å²) < 4.78 is 11.1. The van der Waals surface area contributed by atoms with Gasteiger partial charge in [-0.15, -0.1) is 0 Å². The molecular formula is C23H22N4O5. The van der Waals surface area contributed by atoms with Crippen molar-refractivity contribution in [3.63, 3.8) is 0 Å². The maximum Gasteiger partial charge on any atom is 0.243 e. The molecular weight excluding hydrogens is 412 g/mol. The molecule has 0 spiro atoms. The first-order chi connectivity index (χ1) is 15.6. The largest absolute Gasteiger partial charge is 0.486 e. The van der Waals surface area contributed by atoms with Crippen molar-refractivity contribution in [2.45, 2.75) is 12.8 Å². The molecule has 1 aromatic heterocycles. The fourth-order valence-corrected chi connectivity index (χ4v) is 4.06. The van der Waals surface area contributed by atoms with Gasteiger partial charge in [-0.25, -0.2) is 0 Å². The minimum absolute atomic E-state index is 0.0680. The van der Waals surface area contributed by atoms with E-state index in [1.54, 1.807) is 29.3 Å². The van der Waals surface area contributed by atoms with E-state index in [-0.39, 0.29) is 31.2 Å². The zero-order chi connectivity index (χ0) is 22.1. The van der Waals surface area contributed by atoms with Crippen LogP contribution in [-0.4, -0.2) is 42.5 Å². The first-order valence-electron chi connectivity index (χ1n) is 10.4. The number of carbonyl (C=O) groups excluding carboxylic acids is 3. The third-order valence-electron chi connectivity index (χ3n) is 5.68. The van der Waals surface area contributed by atoms with Crippen molar-refractivity contribution in [2.75, 3.05) is 24.7 Å². The molecule has 1 unspecified atom stereocenters. The van der Waals surface area contributed by atoms with E-state index in [1.165, 1.54) is 0 Å². The summed E-state index contributed by atoms with van der Waals surface area (Å²) in [5.74, 6) is -0.240. The van der Waals surface area contributed by atoms with Crippen molar-refractivity contribution in [2.24, 2.45) is 5.92 Å². The van der Waals surface area contributed by atoms with Gasteiger partial charge >= 0.3 is 0 Å². The van der Waals surface area contributed by atoms with Gasteiger partial charge in [0.1, 0.15) is 13.2 Å². The first-order valence-corrected chi connectivity index (χ1v) is 10.4. The van der Waals surface area contributed by atoms with Crippen LogP contribution in [-0.2, 0) is 20.8 Å². The molecule has 0 saturated carbocycles. The van der Waals surface area contributed by atoms with Gasteiger partial charge in [-0.1, -0.05) is 18.2 Å². The molecule has 1 saturated heterocycles. The van der Waals surface area contributed by atoms with Crippen LogP contribution in [0.1, 0.15) is 12.0 Å².